The Balaban J connectivity index is 1.15. The number of rotatable bonds is 5. The van der Waals surface area contributed by atoms with E-state index < -0.39 is 8.07 Å². The van der Waals surface area contributed by atoms with Gasteiger partial charge < -0.3 is 14.4 Å². The maximum absolute atomic E-state index is 2.82. The lowest BCUT2D eigenvalue weighted by Gasteiger charge is -2.45. The minimum absolute atomic E-state index is 0.0454. The molecule has 0 N–H and O–H groups in total. The van der Waals surface area contributed by atoms with Crippen molar-refractivity contribution < 1.29 is 0 Å². The van der Waals surface area contributed by atoms with Crippen LogP contribution in [-0.4, -0.2) is 19.4 Å². The molecule has 0 fully saturated rings. The molecule has 0 atom stereocenters. The van der Waals surface area contributed by atoms with E-state index in [0.29, 0.717) is 0 Å². The number of aryl methyl sites for hydroxylation is 2. The second kappa shape index (κ2) is 14.4. The second-order valence-electron chi connectivity index (χ2n) is 18.6. The fraction of sp³-hybridized carbons (Fsp3) is 0.0323. The summed E-state index contributed by atoms with van der Waals surface area (Å²) in [6.07, 6.45) is 0. The van der Waals surface area contributed by atoms with Crippen molar-refractivity contribution in [2.24, 2.45) is 0 Å². The van der Waals surface area contributed by atoms with Gasteiger partial charge in [-0.1, -0.05) is 181 Å². The molecule has 67 heavy (non-hydrogen) atoms. The molecule has 5 heteroatoms. The van der Waals surface area contributed by atoms with Crippen LogP contribution in [0.15, 0.2) is 231 Å². The summed E-state index contributed by atoms with van der Waals surface area (Å²) in [6.45, 7) is 4.38. The Hall–Kier alpha value is -8.12. The number of hydrogen-bond acceptors (Lipinski definition) is 2. The zero-order valence-electron chi connectivity index (χ0n) is 37.4. The first-order chi connectivity index (χ1) is 33.1. The van der Waals surface area contributed by atoms with Crippen LogP contribution in [0.3, 0.4) is 0 Å². The average Bonchev–Trinajstić information content (AvgIpc) is 3.87. The third kappa shape index (κ3) is 5.35. The summed E-state index contributed by atoms with van der Waals surface area (Å²) in [5, 5.41) is 8.23. The number of aromatic nitrogens is 1. The highest BCUT2D eigenvalue weighted by atomic mass is 28.3. The Kier molecular flexibility index (Phi) is 8.23. The van der Waals surface area contributed by atoms with Crippen molar-refractivity contribution in [1.82, 2.24) is 4.57 Å². The summed E-state index contributed by atoms with van der Waals surface area (Å²) in [4.78, 5) is 5.14. The van der Waals surface area contributed by atoms with Crippen molar-refractivity contribution in [3.63, 3.8) is 0 Å². The molecule has 14 rings (SSSR count). The third-order valence-corrected chi connectivity index (χ3v) is 19.8. The summed E-state index contributed by atoms with van der Waals surface area (Å²) in [5.74, 6) is 0. The largest absolute Gasteiger partial charge is 0.311 e. The predicted octanol–water partition coefficient (Wildman–Crippen LogP) is 10.8. The van der Waals surface area contributed by atoms with Crippen LogP contribution in [0.4, 0.5) is 34.1 Å². The lowest BCUT2D eigenvalue weighted by Crippen LogP contribution is -2.73. The van der Waals surface area contributed by atoms with E-state index in [9.17, 15) is 0 Å². The van der Waals surface area contributed by atoms with Gasteiger partial charge in [0.15, 0.2) is 8.07 Å². The molecule has 10 aromatic carbocycles. The van der Waals surface area contributed by atoms with Crippen LogP contribution in [0, 0.1) is 13.8 Å². The Morgan fingerprint density at radius 1 is 0.358 bits per heavy atom. The minimum Gasteiger partial charge on any atom is -0.311 e. The highest BCUT2D eigenvalue weighted by molar-refractivity contribution is 7.22. The van der Waals surface area contributed by atoms with Gasteiger partial charge in [0.1, 0.15) is 0 Å². The molecule has 1 aromatic heterocycles. The van der Waals surface area contributed by atoms with E-state index in [0.717, 1.165) is 17.1 Å². The fourth-order valence-electron chi connectivity index (χ4n) is 12.2. The molecular weight excluding hydrogens is 826 g/mol. The van der Waals surface area contributed by atoms with Gasteiger partial charge >= 0.3 is 0 Å². The van der Waals surface area contributed by atoms with Gasteiger partial charge in [-0.05, 0) is 123 Å². The average molecular weight is 870 g/mol. The zero-order chi connectivity index (χ0) is 44.4. The molecule has 0 amide bonds. The number of anilines is 6. The quantitative estimate of drug-likeness (QED) is 0.160. The van der Waals surface area contributed by atoms with E-state index in [1.54, 1.807) is 0 Å². The van der Waals surface area contributed by atoms with Gasteiger partial charge in [-0.25, -0.2) is 0 Å². The van der Waals surface area contributed by atoms with Crippen LogP contribution in [0.1, 0.15) is 11.1 Å². The summed E-state index contributed by atoms with van der Waals surface area (Å²) in [6, 6.07) is 87.5. The maximum atomic E-state index is 2.68. The molecule has 0 spiro atoms. The lowest BCUT2D eigenvalue weighted by atomic mass is 9.33. The molecule has 314 valence electrons. The summed E-state index contributed by atoms with van der Waals surface area (Å²) < 4.78 is 2.49. The summed E-state index contributed by atoms with van der Waals surface area (Å²) in [5.41, 5.74) is 19.8. The topological polar surface area (TPSA) is 11.4 Å². The van der Waals surface area contributed by atoms with Gasteiger partial charge in [-0.2, -0.15) is 0 Å². The van der Waals surface area contributed by atoms with E-state index in [4.69, 9.17) is 0 Å². The second-order valence-corrected chi connectivity index (χ2v) is 22.3. The number of hydrogen-bond donors (Lipinski definition) is 0. The predicted molar refractivity (Wildman–Crippen MR) is 287 cm³/mol. The fourth-order valence-corrected chi connectivity index (χ4v) is 17.4. The number of benzene rings is 10. The Morgan fingerprint density at radius 2 is 0.881 bits per heavy atom. The van der Waals surface area contributed by atoms with E-state index in [1.807, 2.05) is 0 Å². The van der Waals surface area contributed by atoms with Crippen LogP contribution >= 0.6 is 0 Å². The summed E-state index contributed by atoms with van der Waals surface area (Å²) in [7, 11) is -2.82. The molecule has 3 nitrogen and oxygen atoms in total. The molecular formula is C62H44BN3Si. The molecule has 11 aromatic rings. The molecule has 3 aliphatic rings. The van der Waals surface area contributed by atoms with E-state index in [1.165, 1.54) is 104 Å². The van der Waals surface area contributed by atoms with Gasteiger partial charge in [0.25, 0.3) is 6.71 Å². The zero-order valence-corrected chi connectivity index (χ0v) is 38.4. The molecule has 0 saturated carbocycles. The molecule has 0 aliphatic carbocycles. The molecule has 4 heterocycles. The molecule has 0 radical (unpaired) electrons. The number of fused-ring (bicyclic) bond motifs is 10. The normalized spacial score (nSPS) is 13.9. The van der Waals surface area contributed by atoms with Crippen molar-refractivity contribution in [3.8, 4) is 16.8 Å². The van der Waals surface area contributed by atoms with Crippen molar-refractivity contribution in [1.29, 1.82) is 0 Å². The molecule has 0 saturated heterocycles. The SMILES string of the molecule is Cc1ccc(N2c3ccc(C)cc3B3c4cc5c(cc4N(c4ccccc4)c4cc(-n6c7ccccc7c7ccccc76)cc2c43)-c2ccccc2[Si]5(c2ccccc2)c2ccccc2)cc1. The highest BCUT2D eigenvalue weighted by Crippen LogP contribution is 2.47. The Bertz CT molecular complexity index is 3700. The first-order valence-electron chi connectivity index (χ1n) is 23.5. The van der Waals surface area contributed by atoms with Crippen LogP contribution < -0.4 is 46.9 Å². The maximum Gasteiger partial charge on any atom is 0.252 e. The first kappa shape index (κ1) is 38.2. The van der Waals surface area contributed by atoms with Crippen LogP contribution in [0.5, 0.6) is 0 Å². The van der Waals surface area contributed by atoms with Crippen molar-refractivity contribution in [2.45, 2.75) is 13.8 Å². The lowest BCUT2D eigenvalue weighted by molar-refractivity contribution is 1.16. The van der Waals surface area contributed by atoms with Gasteiger partial charge in [0.05, 0.1) is 16.7 Å². The third-order valence-electron chi connectivity index (χ3n) is 14.9. The monoisotopic (exact) mass is 869 g/mol. The Labute approximate surface area is 392 Å². The van der Waals surface area contributed by atoms with Crippen molar-refractivity contribution in [2.75, 3.05) is 9.80 Å². The Morgan fingerprint density at radius 3 is 1.54 bits per heavy atom. The smallest absolute Gasteiger partial charge is 0.252 e. The standard InChI is InChI=1S/C62H44BN3Si/c1-41-30-33-44(34-31-41)64-56-35-32-42(2)36-52(56)63-53-40-61-51(50-26-14-17-29-60(50)67(61,46-20-8-4-9-21-46)47-22-10-5-11-23-47)39-57(53)65(43-18-6-3-7-19-43)59-38-45(37-58(64)62(59)63)66-54-27-15-12-24-48(54)49-25-13-16-28-55(49)66/h3-40H,1-2H3. The molecule has 3 aliphatic heterocycles. The number of para-hydroxylation sites is 3. The van der Waals surface area contributed by atoms with E-state index in [-0.39, 0.29) is 6.71 Å². The van der Waals surface area contributed by atoms with Crippen molar-refractivity contribution in [3.05, 3.63) is 242 Å². The minimum atomic E-state index is -2.82. The highest BCUT2D eigenvalue weighted by Gasteiger charge is 2.51. The number of nitrogens with zero attached hydrogens (tertiary/aromatic N) is 3. The first-order valence-corrected chi connectivity index (χ1v) is 25.5. The summed E-state index contributed by atoms with van der Waals surface area (Å²) >= 11 is 0. The van der Waals surface area contributed by atoms with Crippen LogP contribution in [0.25, 0.3) is 38.6 Å². The van der Waals surface area contributed by atoms with Gasteiger partial charge in [-0.3, -0.25) is 0 Å². The van der Waals surface area contributed by atoms with E-state index in [2.05, 4.69) is 259 Å². The van der Waals surface area contributed by atoms with Gasteiger partial charge in [-0.15, -0.1) is 0 Å². The van der Waals surface area contributed by atoms with Crippen LogP contribution in [0.2, 0.25) is 0 Å². The van der Waals surface area contributed by atoms with Gasteiger partial charge in [0.2, 0.25) is 0 Å². The van der Waals surface area contributed by atoms with Gasteiger partial charge in [0, 0.05) is 44.9 Å². The molecule has 0 unspecified atom stereocenters. The van der Waals surface area contributed by atoms with Crippen LogP contribution in [-0.2, 0) is 0 Å². The van der Waals surface area contributed by atoms with E-state index >= 15 is 0 Å². The molecule has 0 bridgehead atoms. The van der Waals surface area contributed by atoms with Crippen molar-refractivity contribution >= 4 is 108 Å².